The number of amides is 2. The van der Waals surface area contributed by atoms with Crippen molar-refractivity contribution in [1.29, 1.82) is 0 Å². The number of hydrogen-bond donors (Lipinski definition) is 2. The molecular weight excluding hydrogens is 308 g/mol. The summed E-state index contributed by atoms with van der Waals surface area (Å²) in [6, 6.07) is 6.96. The molecule has 0 radical (unpaired) electrons. The second-order valence-corrected chi connectivity index (χ2v) is 5.86. The predicted molar refractivity (Wildman–Crippen MR) is 89.7 cm³/mol. The number of nitrogens with one attached hydrogen (secondary N) is 2. The van der Waals surface area contributed by atoms with Crippen molar-refractivity contribution in [3.8, 4) is 0 Å². The monoisotopic (exact) mass is 330 g/mol. The summed E-state index contributed by atoms with van der Waals surface area (Å²) in [5, 5.41) is 6.48. The summed E-state index contributed by atoms with van der Waals surface area (Å²) in [5.74, 6) is -0.284. The molecule has 1 aromatic heterocycles. The van der Waals surface area contributed by atoms with E-state index in [4.69, 9.17) is 9.15 Å². The van der Waals surface area contributed by atoms with Gasteiger partial charge in [0.25, 0.3) is 5.91 Å². The van der Waals surface area contributed by atoms with Crippen molar-refractivity contribution in [2.45, 2.75) is 38.8 Å². The third kappa shape index (κ3) is 3.43. The Morgan fingerprint density at radius 3 is 3.04 bits per heavy atom. The second-order valence-electron chi connectivity index (χ2n) is 5.86. The van der Waals surface area contributed by atoms with Crippen LogP contribution in [0.2, 0.25) is 0 Å². The van der Waals surface area contributed by atoms with Gasteiger partial charge in [-0.15, -0.1) is 0 Å². The molecule has 0 bridgehead atoms. The summed E-state index contributed by atoms with van der Waals surface area (Å²) in [7, 11) is 0. The molecule has 2 N–H and O–H groups in total. The normalized spacial score (nSPS) is 18.2. The Labute approximate surface area is 140 Å². The zero-order chi connectivity index (χ0) is 16.9. The summed E-state index contributed by atoms with van der Waals surface area (Å²) in [4.78, 5) is 24.7. The van der Waals surface area contributed by atoms with E-state index < -0.39 is 6.04 Å². The fraction of sp³-hybridized carbons (Fsp3) is 0.444. The molecule has 6 heteroatoms. The first-order chi connectivity index (χ1) is 11.7. The van der Waals surface area contributed by atoms with Crippen LogP contribution in [0.5, 0.6) is 0 Å². The molecule has 3 rings (SSSR count). The van der Waals surface area contributed by atoms with Crippen molar-refractivity contribution in [2.24, 2.45) is 0 Å². The fourth-order valence-electron chi connectivity index (χ4n) is 2.93. The standard InChI is InChI=1S/C18H22N2O4/c1-2-23-11-13-12-7-3-4-9-15(12)24-16(13)18(22)20-14-8-5-6-10-19-17(14)21/h3-4,7,9,14H,2,5-6,8,10-11H2,1H3,(H,19,21)(H,20,22). The third-order valence-corrected chi connectivity index (χ3v) is 4.20. The highest BCUT2D eigenvalue weighted by atomic mass is 16.5. The first-order valence-electron chi connectivity index (χ1n) is 8.37. The lowest BCUT2D eigenvalue weighted by molar-refractivity contribution is -0.122. The average molecular weight is 330 g/mol. The van der Waals surface area contributed by atoms with Crippen LogP contribution < -0.4 is 10.6 Å². The van der Waals surface area contributed by atoms with Crippen LogP contribution in [0.3, 0.4) is 0 Å². The molecule has 1 saturated heterocycles. The Morgan fingerprint density at radius 1 is 1.38 bits per heavy atom. The molecule has 0 spiro atoms. The number of rotatable bonds is 5. The van der Waals surface area contributed by atoms with Crippen LogP contribution in [0.4, 0.5) is 0 Å². The van der Waals surface area contributed by atoms with Gasteiger partial charge in [-0.1, -0.05) is 18.2 Å². The minimum atomic E-state index is -0.520. The van der Waals surface area contributed by atoms with E-state index >= 15 is 0 Å². The molecule has 1 aliphatic heterocycles. The Kier molecular flexibility index (Phi) is 5.15. The van der Waals surface area contributed by atoms with Gasteiger partial charge in [-0.3, -0.25) is 9.59 Å². The molecule has 1 aliphatic rings. The molecular formula is C18H22N2O4. The number of benzene rings is 1. The van der Waals surface area contributed by atoms with E-state index in [0.717, 1.165) is 23.8 Å². The maximum absolute atomic E-state index is 12.7. The smallest absolute Gasteiger partial charge is 0.288 e. The molecule has 1 atom stereocenters. The van der Waals surface area contributed by atoms with E-state index in [-0.39, 0.29) is 17.6 Å². The SMILES string of the molecule is CCOCc1c(C(=O)NC2CCCCNC2=O)oc2ccccc12. The number of carbonyl (C=O) groups excluding carboxylic acids is 2. The van der Waals surface area contributed by atoms with E-state index in [1.54, 1.807) is 0 Å². The molecule has 0 aliphatic carbocycles. The summed E-state index contributed by atoms with van der Waals surface area (Å²) in [6.07, 6.45) is 2.46. The van der Waals surface area contributed by atoms with E-state index in [9.17, 15) is 9.59 Å². The van der Waals surface area contributed by atoms with Crippen molar-refractivity contribution >= 4 is 22.8 Å². The Hall–Kier alpha value is -2.34. The highest BCUT2D eigenvalue weighted by Gasteiger charge is 2.26. The lowest BCUT2D eigenvalue weighted by Gasteiger charge is -2.14. The van der Waals surface area contributed by atoms with Crippen molar-refractivity contribution in [1.82, 2.24) is 10.6 Å². The average Bonchev–Trinajstić information content (AvgIpc) is 2.85. The van der Waals surface area contributed by atoms with Crippen LogP contribution in [0, 0.1) is 0 Å². The van der Waals surface area contributed by atoms with Gasteiger partial charge in [-0.25, -0.2) is 0 Å². The van der Waals surface area contributed by atoms with Crippen LogP contribution in [0.1, 0.15) is 42.3 Å². The van der Waals surface area contributed by atoms with Crippen LogP contribution >= 0.6 is 0 Å². The van der Waals surface area contributed by atoms with Gasteiger partial charge in [0.05, 0.1) is 6.61 Å². The summed E-state index contributed by atoms with van der Waals surface area (Å²) in [6.45, 7) is 3.40. The van der Waals surface area contributed by atoms with Crippen molar-refractivity contribution < 1.29 is 18.7 Å². The van der Waals surface area contributed by atoms with E-state index in [1.807, 2.05) is 31.2 Å². The summed E-state index contributed by atoms with van der Waals surface area (Å²) < 4.78 is 11.2. The number of hydrogen-bond acceptors (Lipinski definition) is 4. The first-order valence-corrected chi connectivity index (χ1v) is 8.37. The summed E-state index contributed by atoms with van der Waals surface area (Å²) >= 11 is 0. The number of para-hydroxylation sites is 1. The van der Waals surface area contributed by atoms with Gasteiger partial charge >= 0.3 is 0 Å². The highest BCUT2D eigenvalue weighted by Crippen LogP contribution is 2.27. The topological polar surface area (TPSA) is 80.6 Å². The van der Waals surface area contributed by atoms with Crippen LogP contribution in [-0.4, -0.2) is 31.0 Å². The van der Waals surface area contributed by atoms with Crippen LogP contribution in [0.15, 0.2) is 28.7 Å². The molecule has 1 unspecified atom stereocenters. The predicted octanol–water partition coefficient (Wildman–Crippen LogP) is 2.37. The quantitative estimate of drug-likeness (QED) is 0.882. The van der Waals surface area contributed by atoms with Gasteiger partial charge in [0.1, 0.15) is 11.6 Å². The Morgan fingerprint density at radius 2 is 2.21 bits per heavy atom. The summed E-state index contributed by atoms with van der Waals surface area (Å²) in [5.41, 5.74) is 1.36. The van der Waals surface area contributed by atoms with Crippen LogP contribution in [-0.2, 0) is 16.1 Å². The first kappa shape index (κ1) is 16.5. The minimum absolute atomic E-state index is 0.136. The van der Waals surface area contributed by atoms with E-state index in [2.05, 4.69) is 10.6 Å². The Bertz CT molecular complexity index is 738. The van der Waals surface area contributed by atoms with Crippen molar-refractivity contribution in [3.63, 3.8) is 0 Å². The van der Waals surface area contributed by atoms with Crippen molar-refractivity contribution in [3.05, 3.63) is 35.6 Å². The van der Waals surface area contributed by atoms with Crippen LogP contribution in [0.25, 0.3) is 11.0 Å². The number of fused-ring (bicyclic) bond motifs is 1. The highest BCUT2D eigenvalue weighted by molar-refractivity contribution is 6.01. The minimum Gasteiger partial charge on any atom is -0.451 e. The van der Waals surface area contributed by atoms with Gasteiger partial charge in [-0.05, 0) is 32.3 Å². The maximum Gasteiger partial charge on any atom is 0.288 e. The number of furan rings is 1. The zero-order valence-corrected chi connectivity index (χ0v) is 13.8. The van der Waals surface area contributed by atoms with Gasteiger partial charge in [0, 0.05) is 24.1 Å². The molecule has 2 heterocycles. The number of ether oxygens (including phenoxy) is 1. The Balaban J connectivity index is 1.86. The maximum atomic E-state index is 12.7. The van der Waals surface area contributed by atoms with E-state index in [0.29, 0.717) is 31.8 Å². The molecule has 2 amide bonds. The lowest BCUT2D eigenvalue weighted by Crippen LogP contribution is -2.45. The molecule has 1 fully saturated rings. The van der Waals surface area contributed by atoms with Gasteiger partial charge in [-0.2, -0.15) is 0 Å². The number of carbonyl (C=O) groups is 2. The van der Waals surface area contributed by atoms with Gasteiger partial charge < -0.3 is 19.8 Å². The van der Waals surface area contributed by atoms with Crippen molar-refractivity contribution in [2.75, 3.05) is 13.2 Å². The van der Waals surface area contributed by atoms with E-state index in [1.165, 1.54) is 0 Å². The molecule has 128 valence electrons. The molecule has 24 heavy (non-hydrogen) atoms. The largest absolute Gasteiger partial charge is 0.451 e. The molecule has 0 saturated carbocycles. The molecule has 1 aromatic carbocycles. The zero-order valence-electron chi connectivity index (χ0n) is 13.8. The molecule has 6 nitrogen and oxygen atoms in total. The van der Waals surface area contributed by atoms with Gasteiger partial charge in [0.15, 0.2) is 5.76 Å². The fourth-order valence-corrected chi connectivity index (χ4v) is 2.93. The molecule has 2 aromatic rings. The third-order valence-electron chi connectivity index (χ3n) is 4.20. The second kappa shape index (κ2) is 7.49. The van der Waals surface area contributed by atoms with Gasteiger partial charge in [0.2, 0.25) is 5.91 Å². The lowest BCUT2D eigenvalue weighted by atomic mass is 10.1.